The van der Waals surface area contributed by atoms with Crippen LogP contribution in [0, 0.1) is 5.92 Å². The molecule has 1 aliphatic rings. The second-order valence-corrected chi connectivity index (χ2v) is 3.67. The topological polar surface area (TPSA) is 29.1 Å². The molecular formula is C9H17NO. The molecule has 11 heavy (non-hydrogen) atoms. The quantitative estimate of drug-likeness (QED) is 0.613. The maximum atomic E-state index is 10.7. The molecule has 0 aromatic heterocycles. The third-order valence-electron chi connectivity index (χ3n) is 2.34. The van der Waals surface area contributed by atoms with E-state index in [2.05, 4.69) is 12.2 Å². The minimum absolute atomic E-state index is 0.115. The zero-order valence-electron chi connectivity index (χ0n) is 7.39. The fraction of sp³-hybridized carbons (Fsp3) is 0.889. The summed E-state index contributed by atoms with van der Waals surface area (Å²) >= 11 is 0. The van der Waals surface area contributed by atoms with Crippen molar-refractivity contribution in [3.05, 3.63) is 0 Å². The molecule has 0 radical (unpaired) electrons. The van der Waals surface area contributed by atoms with Crippen molar-refractivity contribution in [2.45, 2.75) is 45.6 Å². The summed E-state index contributed by atoms with van der Waals surface area (Å²) in [4.78, 5) is 10.7. The van der Waals surface area contributed by atoms with Gasteiger partial charge in [-0.15, -0.1) is 0 Å². The predicted octanol–water partition coefficient (Wildman–Crippen LogP) is 1.70. The lowest BCUT2D eigenvalue weighted by molar-refractivity contribution is -0.119. The summed E-state index contributed by atoms with van der Waals surface area (Å²) in [6, 6.07) is 0.455. The van der Waals surface area contributed by atoms with E-state index in [1.165, 1.54) is 25.7 Å². The van der Waals surface area contributed by atoms with E-state index in [4.69, 9.17) is 0 Å². The Kier molecular flexibility index (Phi) is 2.92. The van der Waals surface area contributed by atoms with Crippen molar-refractivity contribution in [3.63, 3.8) is 0 Å². The summed E-state index contributed by atoms with van der Waals surface area (Å²) in [5.74, 6) is 0.907. The van der Waals surface area contributed by atoms with Crippen LogP contribution in [0.5, 0.6) is 0 Å². The van der Waals surface area contributed by atoms with Crippen molar-refractivity contribution in [1.82, 2.24) is 5.32 Å². The Morgan fingerprint density at radius 3 is 2.73 bits per heavy atom. The normalized spacial score (nSPS) is 31.5. The average Bonchev–Trinajstić information content (AvgIpc) is 1.85. The van der Waals surface area contributed by atoms with Crippen LogP contribution in [-0.4, -0.2) is 11.9 Å². The van der Waals surface area contributed by atoms with Gasteiger partial charge in [-0.1, -0.05) is 19.8 Å². The van der Waals surface area contributed by atoms with E-state index in [0.717, 1.165) is 5.92 Å². The van der Waals surface area contributed by atoms with Gasteiger partial charge in [0.2, 0.25) is 5.91 Å². The van der Waals surface area contributed by atoms with Crippen molar-refractivity contribution in [1.29, 1.82) is 0 Å². The van der Waals surface area contributed by atoms with Crippen LogP contribution in [0.3, 0.4) is 0 Å². The molecule has 0 aliphatic heterocycles. The Morgan fingerprint density at radius 1 is 1.45 bits per heavy atom. The largest absolute Gasteiger partial charge is 0.354 e. The summed E-state index contributed by atoms with van der Waals surface area (Å²) in [6.07, 6.45) is 4.94. The van der Waals surface area contributed by atoms with Gasteiger partial charge >= 0.3 is 0 Å². The molecule has 1 fully saturated rings. The molecule has 1 amide bonds. The summed E-state index contributed by atoms with van der Waals surface area (Å²) in [7, 11) is 0. The standard InChI is InChI=1S/C9H17NO/c1-7-4-3-5-9(6-7)10-8(2)11/h7,9H,3-6H2,1-2H3,(H,10,11). The Morgan fingerprint density at radius 2 is 2.18 bits per heavy atom. The molecule has 0 heterocycles. The Labute approximate surface area is 68.4 Å². The third-order valence-corrected chi connectivity index (χ3v) is 2.34. The highest BCUT2D eigenvalue weighted by Gasteiger charge is 2.18. The first kappa shape index (κ1) is 8.57. The van der Waals surface area contributed by atoms with Gasteiger partial charge in [-0.3, -0.25) is 4.79 Å². The summed E-state index contributed by atoms with van der Waals surface area (Å²) in [6.45, 7) is 3.85. The fourth-order valence-corrected chi connectivity index (χ4v) is 1.85. The van der Waals surface area contributed by atoms with Gasteiger partial charge in [0.15, 0.2) is 0 Å². The van der Waals surface area contributed by atoms with Crippen LogP contribution < -0.4 is 5.32 Å². The van der Waals surface area contributed by atoms with E-state index in [9.17, 15) is 4.79 Å². The van der Waals surface area contributed by atoms with Gasteiger partial charge in [0.05, 0.1) is 0 Å². The highest BCUT2D eigenvalue weighted by molar-refractivity contribution is 5.73. The van der Waals surface area contributed by atoms with Crippen molar-refractivity contribution in [2.75, 3.05) is 0 Å². The molecule has 1 aliphatic carbocycles. The third kappa shape index (κ3) is 2.91. The molecule has 1 rings (SSSR count). The predicted molar refractivity (Wildman–Crippen MR) is 45.2 cm³/mol. The van der Waals surface area contributed by atoms with Gasteiger partial charge in [-0.25, -0.2) is 0 Å². The Hall–Kier alpha value is -0.530. The number of hydrogen-bond donors (Lipinski definition) is 1. The van der Waals surface area contributed by atoms with Crippen LogP contribution in [0.2, 0.25) is 0 Å². The first-order chi connectivity index (χ1) is 5.18. The lowest BCUT2D eigenvalue weighted by atomic mass is 9.87. The SMILES string of the molecule is CC(=O)NC1CCCC(C)C1. The molecule has 2 heteroatoms. The molecule has 2 atom stereocenters. The Balaban J connectivity index is 2.28. The smallest absolute Gasteiger partial charge is 0.217 e. The summed E-state index contributed by atoms with van der Waals surface area (Å²) in [5.41, 5.74) is 0. The van der Waals surface area contributed by atoms with Gasteiger partial charge in [0.1, 0.15) is 0 Å². The lowest BCUT2D eigenvalue weighted by Gasteiger charge is -2.26. The first-order valence-corrected chi connectivity index (χ1v) is 4.45. The van der Waals surface area contributed by atoms with Gasteiger partial charge in [0.25, 0.3) is 0 Å². The molecule has 1 N–H and O–H groups in total. The monoisotopic (exact) mass is 155 g/mol. The van der Waals surface area contributed by atoms with Crippen LogP contribution in [0.25, 0.3) is 0 Å². The lowest BCUT2D eigenvalue weighted by Crippen LogP contribution is -2.36. The molecule has 0 bridgehead atoms. The summed E-state index contributed by atoms with van der Waals surface area (Å²) < 4.78 is 0. The van der Waals surface area contributed by atoms with E-state index in [0.29, 0.717) is 6.04 Å². The van der Waals surface area contributed by atoms with Crippen LogP contribution in [-0.2, 0) is 4.79 Å². The number of carbonyl (C=O) groups excluding carboxylic acids is 1. The minimum atomic E-state index is 0.115. The van der Waals surface area contributed by atoms with E-state index in [1.807, 2.05) is 0 Å². The van der Waals surface area contributed by atoms with Crippen molar-refractivity contribution >= 4 is 5.91 Å². The number of carbonyl (C=O) groups is 1. The van der Waals surface area contributed by atoms with Gasteiger partial charge in [-0.05, 0) is 18.8 Å². The number of hydrogen-bond acceptors (Lipinski definition) is 1. The van der Waals surface area contributed by atoms with E-state index < -0.39 is 0 Å². The highest BCUT2D eigenvalue weighted by Crippen LogP contribution is 2.23. The maximum Gasteiger partial charge on any atom is 0.217 e. The fourth-order valence-electron chi connectivity index (χ4n) is 1.85. The van der Waals surface area contributed by atoms with Crippen LogP contribution >= 0.6 is 0 Å². The van der Waals surface area contributed by atoms with Crippen molar-refractivity contribution in [3.8, 4) is 0 Å². The summed E-state index contributed by atoms with van der Waals surface area (Å²) in [5, 5.41) is 2.97. The van der Waals surface area contributed by atoms with Gasteiger partial charge in [0, 0.05) is 13.0 Å². The van der Waals surface area contributed by atoms with E-state index in [1.54, 1.807) is 6.92 Å². The number of amides is 1. The van der Waals surface area contributed by atoms with E-state index in [-0.39, 0.29) is 5.91 Å². The van der Waals surface area contributed by atoms with Crippen LogP contribution in [0.4, 0.5) is 0 Å². The second-order valence-electron chi connectivity index (χ2n) is 3.67. The molecule has 0 aromatic rings. The van der Waals surface area contributed by atoms with Crippen LogP contribution in [0.15, 0.2) is 0 Å². The number of nitrogens with one attached hydrogen (secondary N) is 1. The molecular weight excluding hydrogens is 138 g/mol. The second kappa shape index (κ2) is 3.74. The maximum absolute atomic E-state index is 10.7. The first-order valence-electron chi connectivity index (χ1n) is 4.45. The van der Waals surface area contributed by atoms with Crippen molar-refractivity contribution in [2.24, 2.45) is 5.92 Å². The average molecular weight is 155 g/mol. The van der Waals surface area contributed by atoms with Gasteiger partial charge < -0.3 is 5.32 Å². The number of rotatable bonds is 1. The molecule has 0 saturated heterocycles. The zero-order valence-corrected chi connectivity index (χ0v) is 7.39. The highest BCUT2D eigenvalue weighted by atomic mass is 16.1. The van der Waals surface area contributed by atoms with Gasteiger partial charge in [-0.2, -0.15) is 0 Å². The Bertz CT molecular complexity index is 144. The molecule has 64 valence electrons. The zero-order chi connectivity index (χ0) is 8.27. The molecule has 0 aromatic carbocycles. The minimum Gasteiger partial charge on any atom is -0.354 e. The van der Waals surface area contributed by atoms with Crippen LogP contribution in [0.1, 0.15) is 39.5 Å². The molecule has 2 unspecified atom stereocenters. The van der Waals surface area contributed by atoms with E-state index >= 15 is 0 Å². The molecule has 1 saturated carbocycles. The molecule has 2 nitrogen and oxygen atoms in total. The van der Waals surface area contributed by atoms with Crippen molar-refractivity contribution < 1.29 is 4.79 Å². The molecule has 0 spiro atoms.